The predicted molar refractivity (Wildman–Crippen MR) is 145 cm³/mol. The summed E-state index contributed by atoms with van der Waals surface area (Å²) >= 11 is 0.988. The lowest BCUT2D eigenvalue weighted by molar-refractivity contribution is -0.137. The van der Waals surface area contributed by atoms with Crippen LogP contribution in [0.2, 0.25) is 0 Å². The molecular formula is C27H28F4N8O2S. The lowest BCUT2D eigenvalue weighted by Crippen LogP contribution is -2.44. The number of nitrogens with one attached hydrogen (secondary N) is 4. The molecule has 2 aliphatic rings. The Morgan fingerprint density at radius 2 is 1.86 bits per heavy atom. The van der Waals surface area contributed by atoms with Gasteiger partial charge >= 0.3 is 6.18 Å². The number of carbonyl (C=O) groups is 2. The van der Waals surface area contributed by atoms with Crippen LogP contribution in [0.3, 0.4) is 0 Å². The number of pyridine rings is 1. The number of amides is 2. The maximum Gasteiger partial charge on any atom is 0.416 e. The summed E-state index contributed by atoms with van der Waals surface area (Å²) in [6, 6.07) is 8.60. The van der Waals surface area contributed by atoms with Crippen LogP contribution in [0.15, 0.2) is 54.5 Å². The van der Waals surface area contributed by atoms with Crippen molar-refractivity contribution in [2.75, 3.05) is 6.54 Å². The summed E-state index contributed by atoms with van der Waals surface area (Å²) < 4.78 is 53.3. The summed E-state index contributed by atoms with van der Waals surface area (Å²) in [6.07, 6.45) is 0.100. The van der Waals surface area contributed by atoms with Crippen LogP contribution in [0.4, 0.5) is 17.6 Å². The third kappa shape index (κ3) is 8.00. The van der Waals surface area contributed by atoms with Crippen LogP contribution < -0.4 is 21.5 Å². The highest BCUT2D eigenvalue weighted by atomic mass is 32.1. The molecule has 3 aromatic rings. The minimum absolute atomic E-state index is 0.0322. The highest BCUT2D eigenvalue weighted by Crippen LogP contribution is 2.38. The maximum atomic E-state index is 14.7. The van der Waals surface area contributed by atoms with E-state index in [-0.39, 0.29) is 48.1 Å². The molecule has 2 aromatic heterocycles. The van der Waals surface area contributed by atoms with E-state index < -0.39 is 23.8 Å². The molecule has 3 heterocycles. The summed E-state index contributed by atoms with van der Waals surface area (Å²) in [7, 11) is 0. The lowest BCUT2D eigenvalue weighted by Gasteiger charge is -2.19. The molecule has 1 saturated carbocycles. The standard InChI is InChI=1S/C27H28F4N8O2S/c28-20(15-39-35-14-22(38-39)24(40)33-13-17-4-8-21(32-12-17)18-5-6-18)7-9-23-36-37-26(42-23)25(41)34-11-16-2-1-3-19(10-16)27(29,30)31/h1-4,8,10,12,14,18,20,35,38H,5-7,9,11,13,15H2,(H,33,40)(H,34,41). The van der Waals surface area contributed by atoms with Crippen molar-refractivity contribution in [3.05, 3.63) is 86.9 Å². The first-order chi connectivity index (χ1) is 20.1. The summed E-state index contributed by atoms with van der Waals surface area (Å²) in [4.78, 5) is 29.3. The molecule has 2 amide bonds. The largest absolute Gasteiger partial charge is 0.416 e. The number of hydrazine groups is 2. The van der Waals surface area contributed by atoms with Crippen molar-refractivity contribution in [3.8, 4) is 0 Å². The number of aromatic nitrogens is 3. The van der Waals surface area contributed by atoms with Gasteiger partial charge in [0.15, 0.2) is 0 Å². The van der Waals surface area contributed by atoms with Gasteiger partial charge in [-0.1, -0.05) is 29.5 Å². The second-order valence-electron chi connectivity index (χ2n) is 9.98. The summed E-state index contributed by atoms with van der Waals surface area (Å²) in [5.41, 5.74) is 7.32. The third-order valence-corrected chi connectivity index (χ3v) is 7.56. The number of hydrogen-bond acceptors (Lipinski definition) is 9. The van der Waals surface area contributed by atoms with E-state index >= 15 is 0 Å². The van der Waals surface area contributed by atoms with Gasteiger partial charge in [-0.3, -0.25) is 20.0 Å². The molecule has 0 spiro atoms. The van der Waals surface area contributed by atoms with E-state index in [0.29, 0.717) is 17.5 Å². The number of hydrogen-bond donors (Lipinski definition) is 4. The number of alkyl halides is 4. The van der Waals surface area contributed by atoms with Gasteiger partial charge in [-0.25, -0.2) is 4.39 Å². The highest BCUT2D eigenvalue weighted by molar-refractivity contribution is 7.13. The van der Waals surface area contributed by atoms with Gasteiger partial charge in [0.25, 0.3) is 11.8 Å². The molecule has 42 heavy (non-hydrogen) atoms. The Hall–Kier alpha value is -4.11. The van der Waals surface area contributed by atoms with Crippen molar-refractivity contribution in [3.63, 3.8) is 0 Å². The number of rotatable bonds is 12. The van der Waals surface area contributed by atoms with Gasteiger partial charge in [-0.2, -0.15) is 13.2 Å². The maximum absolute atomic E-state index is 14.7. The first-order valence-electron chi connectivity index (χ1n) is 13.3. The SMILES string of the molecule is O=C(NCc1ccc(C2CC2)nc1)C1=CNN(CC(F)CCc2nnc(C(=O)NCc3cccc(C(F)(F)F)c3)s2)N1. The summed E-state index contributed by atoms with van der Waals surface area (Å²) in [5, 5.41) is 14.9. The molecule has 10 nitrogen and oxygen atoms in total. The number of aryl methyl sites for hydroxylation is 1. The molecule has 0 bridgehead atoms. The molecule has 1 aromatic carbocycles. The van der Waals surface area contributed by atoms with E-state index in [0.717, 1.165) is 34.7 Å². The zero-order valence-corrected chi connectivity index (χ0v) is 23.1. The second-order valence-corrected chi connectivity index (χ2v) is 11.0. The molecule has 1 unspecified atom stereocenters. The van der Waals surface area contributed by atoms with E-state index in [1.54, 1.807) is 6.20 Å². The number of halogens is 4. The first kappa shape index (κ1) is 29.4. The lowest BCUT2D eigenvalue weighted by atomic mass is 10.1. The van der Waals surface area contributed by atoms with Crippen LogP contribution in [0, 0.1) is 0 Å². The molecule has 5 rings (SSSR count). The molecule has 15 heteroatoms. The van der Waals surface area contributed by atoms with Crippen molar-refractivity contribution >= 4 is 23.2 Å². The van der Waals surface area contributed by atoms with Crippen LogP contribution in [-0.4, -0.2) is 44.8 Å². The van der Waals surface area contributed by atoms with E-state index in [2.05, 4.69) is 36.7 Å². The predicted octanol–water partition coefficient (Wildman–Crippen LogP) is 3.51. The van der Waals surface area contributed by atoms with Gasteiger partial charge in [0.1, 0.15) is 16.9 Å². The molecule has 4 N–H and O–H groups in total. The Morgan fingerprint density at radius 3 is 2.60 bits per heavy atom. The Balaban J connectivity index is 0.999. The average Bonchev–Trinajstić information content (AvgIpc) is 3.53. The van der Waals surface area contributed by atoms with Gasteiger partial charge in [0.05, 0.1) is 12.1 Å². The van der Waals surface area contributed by atoms with Crippen LogP contribution in [0.25, 0.3) is 0 Å². The molecule has 0 radical (unpaired) electrons. The molecule has 1 aliphatic carbocycles. The van der Waals surface area contributed by atoms with Gasteiger partial charge in [0, 0.05) is 43.5 Å². The molecule has 1 aliphatic heterocycles. The van der Waals surface area contributed by atoms with E-state index in [1.807, 2.05) is 12.1 Å². The van der Waals surface area contributed by atoms with E-state index in [4.69, 9.17) is 0 Å². The Labute approximate surface area is 242 Å². The quantitative estimate of drug-likeness (QED) is 0.232. The third-order valence-electron chi connectivity index (χ3n) is 6.58. The fourth-order valence-electron chi connectivity index (χ4n) is 4.14. The van der Waals surface area contributed by atoms with Crippen molar-refractivity contribution in [2.24, 2.45) is 0 Å². The minimum atomic E-state index is -4.48. The molecule has 1 atom stereocenters. The topological polar surface area (TPSA) is 124 Å². The van der Waals surface area contributed by atoms with Crippen LogP contribution in [0.1, 0.15) is 62.4 Å². The van der Waals surface area contributed by atoms with Crippen molar-refractivity contribution in [1.82, 2.24) is 41.8 Å². The van der Waals surface area contributed by atoms with Crippen LogP contribution in [-0.2, 0) is 30.5 Å². The number of benzene rings is 1. The normalized spacial score (nSPS) is 15.9. The molecule has 1 fully saturated rings. The van der Waals surface area contributed by atoms with Gasteiger partial charge in [0.2, 0.25) is 5.01 Å². The molecular weight excluding hydrogens is 576 g/mol. The van der Waals surface area contributed by atoms with Gasteiger partial charge < -0.3 is 16.1 Å². The Bertz CT molecular complexity index is 1440. The Morgan fingerprint density at radius 1 is 1.07 bits per heavy atom. The molecule has 0 saturated heterocycles. The van der Waals surface area contributed by atoms with Crippen molar-refractivity contribution < 1.29 is 27.2 Å². The Kier molecular flexibility index (Phi) is 8.97. The van der Waals surface area contributed by atoms with Crippen molar-refractivity contribution in [2.45, 2.75) is 57.0 Å². The van der Waals surface area contributed by atoms with E-state index in [1.165, 1.54) is 36.3 Å². The van der Waals surface area contributed by atoms with Crippen LogP contribution in [0.5, 0.6) is 0 Å². The smallest absolute Gasteiger partial charge is 0.347 e. The number of carbonyl (C=O) groups excluding carboxylic acids is 2. The average molecular weight is 605 g/mol. The zero-order valence-electron chi connectivity index (χ0n) is 22.2. The highest BCUT2D eigenvalue weighted by Gasteiger charge is 2.30. The summed E-state index contributed by atoms with van der Waals surface area (Å²) in [5.74, 6) is -0.365. The number of nitrogens with zero attached hydrogens (tertiary/aromatic N) is 4. The van der Waals surface area contributed by atoms with Gasteiger partial charge in [-0.05, 0) is 48.6 Å². The van der Waals surface area contributed by atoms with Crippen molar-refractivity contribution in [1.29, 1.82) is 0 Å². The monoisotopic (exact) mass is 604 g/mol. The van der Waals surface area contributed by atoms with Crippen LogP contribution >= 0.6 is 11.3 Å². The molecule has 222 valence electrons. The fraction of sp³-hybridized carbons (Fsp3) is 0.370. The zero-order chi connectivity index (χ0) is 29.7. The van der Waals surface area contributed by atoms with Gasteiger partial charge in [-0.15, -0.1) is 15.3 Å². The van der Waals surface area contributed by atoms with E-state index in [9.17, 15) is 27.2 Å². The minimum Gasteiger partial charge on any atom is -0.347 e. The fourth-order valence-corrected chi connectivity index (χ4v) is 4.91. The second kappa shape index (κ2) is 12.8. The summed E-state index contributed by atoms with van der Waals surface area (Å²) in [6.45, 7) is 0.135. The first-order valence-corrected chi connectivity index (χ1v) is 14.1.